The van der Waals surface area contributed by atoms with Gasteiger partial charge in [0, 0.05) is 18.7 Å². The van der Waals surface area contributed by atoms with Crippen molar-refractivity contribution >= 4 is 0 Å². The molecule has 2 aromatic rings. The highest BCUT2D eigenvalue weighted by Gasteiger charge is 2.15. The second-order valence-electron chi connectivity index (χ2n) is 4.01. The lowest BCUT2D eigenvalue weighted by Crippen LogP contribution is -2.05. The average molecular weight is 242 g/mol. The Kier molecular flexibility index (Phi) is 3.70. The van der Waals surface area contributed by atoms with Crippen LogP contribution in [0.5, 0.6) is 0 Å². The van der Waals surface area contributed by atoms with Gasteiger partial charge in [0.15, 0.2) is 5.69 Å². The van der Waals surface area contributed by atoms with Crippen LogP contribution < -0.4 is 0 Å². The van der Waals surface area contributed by atoms with Gasteiger partial charge in [0.1, 0.15) is 11.8 Å². The van der Waals surface area contributed by atoms with Crippen molar-refractivity contribution in [3.05, 3.63) is 35.5 Å². The van der Waals surface area contributed by atoms with Gasteiger partial charge >= 0.3 is 0 Å². The normalized spacial score (nSPS) is 10.3. The van der Waals surface area contributed by atoms with Gasteiger partial charge in [-0.15, -0.1) is 5.10 Å². The molecule has 5 nitrogen and oxygen atoms in total. The van der Waals surface area contributed by atoms with Crippen LogP contribution in [0.3, 0.4) is 0 Å². The fourth-order valence-corrected chi connectivity index (χ4v) is 1.87. The predicted octanol–water partition coefficient (Wildman–Crippen LogP) is 1.51. The Balaban J connectivity index is 2.51. The van der Waals surface area contributed by atoms with E-state index in [4.69, 9.17) is 10.4 Å². The van der Waals surface area contributed by atoms with Crippen molar-refractivity contribution in [2.75, 3.05) is 6.61 Å². The first kappa shape index (κ1) is 12.3. The van der Waals surface area contributed by atoms with E-state index in [0.717, 1.165) is 16.8 Å². The Bertz CT molecular complexity index is 583. The van der Waals surface area contributed by atoms with Gasteiger partial charge in [-0.05, 0) is 18.9 Å². The molecule has 0 spiro atoms. The van der Waals surface area contributed by atoms with E-state index in [0.29, 0.717) is 18.7 Å². The van der Waals surface area contributed by atoms with E-state index in [-0.39, 0.29) is 6.61 Å². The molecule has 0 unspecified atom stereocenters. The highest BCUT2D eigenvalue weighted by atomic mass is 16.3. The maximum absolute atomic E-state index is 9.09. The fraction of sp³-hybridized carbons (Fsp3) is 0.308. The predicted molar refractivity (Wildman–Crippen MR) is 66.6 cm³/mol. The molecule has 0 bridgehead atoms. The molecule has 1 N–H and O–H groups in total. The number of rotatable bonds is 4. The first-order valence-electron chi connectivity index (χ1n) is 5.78. The zero-order valence-corrected chi connectivity index (χ0v) is 10.2. The van der Waals surface area contributed by atoms with Gasteiger partial charge in [0.2, 0.25) is 0 Å². The molecule has 1 aromatic carbocycles. The number of aryl methyl sites for hydroxylation is 2. The monoisotopic (exact) mass is 242 g/mol. The van der Waals surface area contributed by atoms with Gasteiger partial charge < -0.3 is 5.11 Å². The van der Waals surface area contributed by atoms with Crippen molar-refractivity contribution in [2.45, 2.75) is 19.9 Å². The Morgan fingerprint density at radius 3 is 2.83 bits per heavy atom. The average Bonchev–Trinajstić information content (AvgIpc) is 2.79. The summed E-state index contributed by atoms with van der Waals surface area (Å²) in [7, 11) is 0. The maximum atomic E-state index is 9.09. The SMILES string of the molecule is Cc1ccccc1-c1c(C#N)nnn1CCCO. The Labute approximate surface area is 105 Å². The van der Waals surface area contributed by atoms with Crippen LogP contribution in [0, 0.1) is 18.3 Å². The van der Waals surface area contributed by atoms with Crippen molar-refractivity contribution in [3.63, 3.8) is 0 Å². The van der Waals surface area contributed by atoms with Gasteiger partial charge in [-0.3, -0.25) is 0 Å². The quantitative estimate of drug-likeness (QED) is 0.881. The number of nitriles is 1. The molecule has 18 heavy (non-hydrogen) atoms. The largest absolute Gasteiger partial charge is 0.396 e. The van der Waals surface area contributed by atoms with E-state index in [1.807, 2.05) is 31.2 Å². The number of aromatic nitrogens is 3. The lowest BCUT2D eigenvalue weighted by atomic mass is 10.0. The maximum Gasteiger partial charge on any atom is 0.190 e. The van der Waals surface area contributed by atoms with Crippen molar-refractivity contribution in [1.29, 1.82) is 5.26 Å². The topological polar surface area (TPSA) is 74.7 Å². The summed E-state index contributed by atoms with van der Waals surface area (Å²) >= 11 is 0. The summed E-state index contributed by atoms with van der Waals surface area (Å²) in [4.78, 5) is 0. The van der Waals surface area contributed by atoms with Gasteiger partial charge in [-0.25, -0.2) is 4.68 Å². The zero-order valence-electron chi connectivity index (χ0n) is 10.2. The minimum atomic E-state index is 0.0922. The summed E-state index contributed by atoms with van der Waals surface area (Å²) in [6, 6.07) is 9.87. The molecule has 1 aromatic heterocycles. The number of aliphatic hydroxyl groups is 1. The number of hydrogen-bond donors (Lipinski definition) is 1. The third-order valence-corrected chi connectivity index (χ3v) is 2.77. The summed E-state index contributed by atoms with van der Waals surface area (Å²) in [6.07, 6.45) is 0.590. The molecule has 0 aliphatic rings. The molecule has 0 aliphatic carbocycles. The van der Waals surface area contributed by atoms with Crippen molar-refractivity contribution in [3.8, 4) is 17.3 Å². The molecule has 0 atom stereocenters. The molecule has 1 heterocycles. The smallest absolute Gasteiger partial charge is 0.190 e. The Morgan fingerprint density at radius 1 is 1.39 bits per heavy atom. The van der Waals surface area contributed by atoms with Gasteiger partial charge in [-0.1, -0.05) is 29.5 Å². The third-order valence-electron chi connectivity index (χ3n) is 2.77. The van der Waals surface area contributed by atoms with Crippen LogP contribution in [0.1, 0.15) is 17.7 Å². The fourth-order valence-electron chi connectivity index (χ4n) is 1.87. The number of nitrogens with zero attached hydrogens (tertiary/aromatic N) is 4. The molecule has 0 saturated heterocycles. The zero-order chi connectivity index (χ0) is 13.0. The summed E-state index contributed by atoms with van der Waals surface area (Å²) in [6.45, 7) is 2.63. The molecule has 5 heteroatoms. The second kappa shape index (κ2) is 5.43. The van der Waals surface area contributed by atoms with E-state index in [1.165, 1.54) is 0 Å². The van der Waals surface area contributed by atoms with Crippen LogP contribution in [0.2, 0.25) is 0 Å². The van der Waals surface area contributed by atoms with Crippen LogP contribution in [-0.4, -0.2) is 26.7 Å². The van der Waals surface area contributed by atoms with Crippen LogP contribution in [0.25, 0.3) is 11.3 Å². The van der Waals surface area contributed by atoms with E-state index >= 15 is 0 Å². The van der Waals surface area contributed by atoms with Gasteiger partial charge in [0.05, 0.1) is 0 Å². The number of benzene rings is 1. The third kappa shape index (κ3) is 2.24. The van der Waals surface area contributed by atoms with E-state index in [9.17, 15) is 0 Å². The summed E-state index contributed by atoms with van der Waals surface area (Å²) in [5.74, 6) is 0. The molecule has 0 amide bonds. The highest BCUT2D eigenvalue weighted by molar-refractivity contribution is 5.68. The Morgan fingerprint density at radius 2 is 2.17 bits per heavy atom. The molecule has 0 saturated carbocycles. The number of hydrogen-bond acceptors (Lipinski definition) is 4. The summed E-state index contributed by atoms with van der Waals surface area (Å²) < 4.78 is 1.68. The molecular formula is C13H14N4O. The minimum Gasteiger partial charge on any atom is -0.396 e. The summed E-state index contributed by atoms with van der Waals surface area (Å²) in [5.41, 5.74) is 3.07. The van der Waals surface area contributed by atoms with Crippen LogP contribution in [-0.2, 0) is 6.54 Å². The molecule has 0 aliphatic heterocycles. The van der Waals surface area contributed by atoms with E-state index in [2.05, 4.69) is 16.4 Å². The first-order chi connectivity index (χ1) is 8.77. The standard InChI is InChI=1S/C13H14N4O/c1-10-5-2-3-6-11(10)13-12(9-14)15-16-17(13)7-4-8-18/h2-3,5-6,18H,4,7-8H2,1H3. The molecule has 92 valence electrons. The van der Waals surface area contributed by atoms with E-state index < -0.39 is 0 Å². The summed E-state index contributed by atoms with van der Waals surface area (Å²) in [5, 5.41) is 25.8. The lowest BCUT2D eigenvalue weighted by Gasteiger charge is -2.08. The van der Waals surface area contributed by atoms with E-state index in [1.54, 1.807) is 4.68 Å². The minimum absolute atomic E-state index is 0.0922. The van der Waals surface area contributed by atoms with Crippen LogP contribution in [0.15, 0.2) is 24.3 Å². The van der Waals surface area contributed by atoms with Crippen LogP contribution >= 0.6 is 0 Å². The van der Waals surface area contributed by atoms with Crippen molar-refractivity contribution < 1.29 is 5.11 Å². The van der Waals surface area contributed by atoms with Crippen molar-refractivity contribution in [1.82, 2.24) is 15.0 Å². The number of aliphatic hydroxyl groups excluding tert-OH is 1. The molecule has 2 rings (SSSR count). The Hall–Kier alpha value is -2.19. The highest BCUT2D eigenvalue weighted by Crippen LogP contribution is 2.25. The molecular weight excluding hydrogens is 228 g/mol. The van der Waals surface area contributed by atoms with Gasteiger partial charge in [0.25, 0.3) is 0 Å². The first-order valence-corrected chi connectivity index (χ1v) is 5.78. The van der Waals surface area contributed by atoms with Crippen LogP contribution in [0.4, 0.5) is 0 Å². The second-order valence-corrected chi connectivity index (χ2v) is 4.01. The van der Waals surface area contributed by atoms with Gasteiger partial charge in [-0.2, -0.15) is 5.26 Å². The molecule has 0 radical (unpaired) electrons. The van der Waals surface area contributed by atoms with Crippen molar-refractivity contribution in [2.24, 2.45) is 0 Å². The lowest BCUT2D eigenvalue weighted by molar-refractivity contribution is 0.276. The molecule has 0 fully saturated rings.